The van der Waals surface area contributed by atoms with Crippen molar-refractivity contribution in [2.24, 2.45) is 0 Å². The Bertz CT molecular complexity index is 915. The molecule has 0 radical (unpaired) electrons. The fourth-order valence-corrected chi connectivity index (χ4v) is 2.82. The van der Waals surface area contributed by atoms with Crippen LogP contribution in [0.4, 0.5) is 5.69 Å². The van der Waals surface area contributed by atoms with Gasteiger partial charge in [0.05, 0.1) is 5.56 Å². The van der Waals surface area contributed by atoms with Crippen molar-refractivity contribution < 1.29 is 4.52 Å². The number of pyridine rings is 1. The molecule has 8 heteroatoms. The molecule has 3 aromatic rings. The number of nitrogens with zero attached hydrogens (tertiary/aromatic N) is 6. The van der Waals surface area contributed by atoms with Crippen molar-refractivity contribution in [2.75, 3.05) is 38.1 Å². The zero-order valence-corrected chi connectivity index (χ0v) is 13.8. The fraction of sp³-hybridized carbons (Fsp3) is 0.294. The van der Waals surface area contributed by atoms with Gasteiger partial charge in [0.1, 0.15) is 17.5 Å². The Balaban J connectivity index is 1.58. The maximum atomic E-state index is 8.90. The molecule has 0 saturated carbocycles. The van der Waals surface area contributed by atoms with Crippen LogP contribution in [0.5, 0.6) is 0 Å². The molecular weight excluding hydrogens is 318 g/mol. The number of nitriles is 1. The molecule has 4 rings (SSSR count). The number of H-pyrrole nitrogens is 1. The van der Waals surface area contributed by atoms with Gasteiger partial charge in [-0.15, -0.1) is 0 Å². The number of hydrogen-bond acceptors (Lipinski definition) is 7. The third kappa shape index (κ3) is 3.09. The molecule has 1 fully saturated rings. The lowest BCUT2D eigenvalue weighted by Gasteiger charge is -2.34. The molecule has 8 nitrogen and oxygen atoms in total. The minimum atomic E-state index is 0.336. The highest BCUT2D eigenvalue weighted by Gasteiger charge is 2.17. The Labute approximate surface area is 144 Å². The SMILES string of the molecule is CN1CCN(c2ccnc(-c3noc(-c4cc(C#N)c[nH]4)n3)c2)CC1. The highest BCUT2D eigenvalue weighted by Crippen LogP contribution is 2.24. The number of likely N-dealkylation sites (N-methyl/N-ethyl adjacent to an activating group) is 1. The van der Waals surface area contributed by atoms with Crippen molar-refractivity contribution in [1.82, 2.24) is 25.0 Å². The van der Waals surface area contributed by atoms with E-state index in [0.717, 1.165) is 31.9 Å². The van der Waals surface area contributed by atoms with Gasteiger partial charge in [0, 0.05) is 44.3 Å². The lowest BCUT2D eigenvalue weighted by atomic mass is 10.2. The summed E-state index contributed by atoms with van der Waals surface area (Å²) in [5.74, 6) is 0.766. The molecule has 1 saturated heterocycles. The minimum Gasteiger partial charge on any atom is -0.369 e. The van der Waals surface area contributed by atoms with Crippen LogP contribution in [-0.4, -0.2) is 58.2 Å². The van der Waals surface area contributed by atoms with Gasteiger partial charge in [0.15, 0.2) is 0 Å². The smallest absolute Gasteiger partial charge is 0.274 e. The van der Waals surface area contributed by atoms with Crippen LogP contribution < -0.4 is 4.90 Å². The molecule has 0 aliphatic carbocycles. The number of piperazine rings is 1. The van der Waals surface area contributed by atoms with Gasteiger partial charge in [0.2, 0.25) is 5.82 Å². The molecule has 0 unspecified atom stereocenters. The van der Waals surface area contributed by atoms with Crippen LogP contribution in [0.3, 0.4) is 0 Å². The summed E-state index contributed by atoms with van der Waals surface area (Å²) in [7, 11) is 2.13. The Morgan fingerprint density at radius 2 is 2.08 bits per heavy atom. The van der Waals surface area contributed by atoms with Crippen LogP contribution in [0.25, 0.3) is 23.1 Å². The number of rotatable bonds is 3. The van der Waals surface area contributed by atoms with Crippen LogP contribution in [0, 0.1) is 11.3 Å². The van der Waals surface area contributed by atoms with E-state index in [2.05, 4.69) is 43.0 Å². The number of hydrogen-bond donors (Lipinski definition) is 1. The normalized spacial score (nSPS) is 15.3. The first-order valence-corrected chi connectivity index (χ1v) is 8.05. The van der Waals surface area contributed by atoms with Gasteiger partial charge in [-0.05, 0) is 25.2 Å². The summed E-state index contributed by atoms with van der Waals surface area (Å²) in [6.45, 7) is 4.05. The van der Waals surface area contributed by atoms with E-state index in [0.29, 0.717) is 28.7 Å². The molecule has 0 spiro atoms. The number of aromatic amines is 1. The molecule has 0 atom stereocenters. The largest absolute Gasteiger partial charge is 0.369 e. The average molecular weight is 335 g/mol. The molecule has 3 aromatic heterocycles. The summed E-state index contributed by atoms with van der Waals surface area (Å²) in [6.07, 6.45) is 3.37. The third-order valence-electron chi connectivity index (χ3n) is 4.31. The van der Waals surface area contributed by atoms with Gasteiger partial charge in [-0.3, -0.25) is 4.98 Å². The first-order chi connectivity index (χ1) is 12.2. The number of anilines is 1. The second-order valence-corrected chi connectivity index (χ2v) is 6.03. The molecule has 1 N–H and O–H groups in total. The summed E-state index contributed by atoms with van der Waals surface area (Å²) in [5, 5.41) is 12.9. The molecule has 126 valence electrons. The van der Waals surface area contributed by atoms with Crippen LogP contribution in [0.1, 0.15) is 5.56 Å². The zero-order valence-electron chi connectivity index (χ0n) is 13.8. The highest BCUT2D eigenvalue weighted by molar-refractivity contribution is 5.61. The van der Waals surface area contributed by atoms with Crippen LogP contribution in [0.15, 0.2) is 35.1 Å². The zero-order chi connectivity index (χ0) is 17.2. The van der Waals surface area contributed by atoms with Gasteiger partial charge >= 0.3 is 0 Å². The Hall–Kier alpha value is -3.18. The van der Waals surface area contributed by atoms with Crippen molar-refractivity contribution >= 4 is 5.69 Å². The second-order valence-electron chi connectivity index (χ2n) is 6.03. The van der Waals surface area contributed by atoms with E-state index in [4.69, 9.17) is 9.78 Å². The second kappa shape index (κ2) is 6.37. The first kappa shape index (κ1) is 15.4. The maximum absolute atomic E-state index is 8.90. The van der Waals surface area contributed by atoms with E-state index < -0.39 is 0 Å². The van der Waals surface area contributed by atoms with Crippen molar-refractivity contribution in [3.8, 4) is 29.2 Å². The Morgan fingerprint density at radius 3 is 2.84 bits per heavy atom. The maximum Gasteiger partial charge on any atom is 0.274 e. The van der Waals surface area contributed by atoms with E-state index in [1.54, 1.807) is 18.5 Å². The van der Waals surface area contributed by atoms with E-state index >= 15 is 0 Å². The molecular formula is C17H17N7O. The van der Waals surface area contributed by atoms with Crippen molar-refractivity contribution in [3.05, 3.63) is 36.2 Å². The fourth-order valence-electron chi connectivity index (χ4n) is 2.82. The summed E-state index contributed by atoms with van der Waals surface area (Å²) in [4.78, 5) is 16.4. The Kier molecular flexibility index (Phi) is 3.91. The van der Waals surface area contributed by atoms with Crippen molar-refractivity contribution in [2.45, 2.75) is 0 Å². The Morgan fingerprint density at radius 1 is 1.24 bits per heavy atom. The van der Waals surface area contributed by atoms with Gasteiger partial charge in [-0.25, -0.2) is 0 Å². The molecule has 1 aliphatic rings. The molecule has 0 aromatic carbocycles. The van der Waals surface area contributed by atoms with E-state index in [1.807, 2.05) is 12.1 Å². The standard InChI is InChI=1S/C17H17N7O/c1-23-4-6-24(7-5-23)13-2-3-19-14(9-13)16-21-17(25-22-16)15-8-12(10-18)11-20-15/h2-3,8-9,11,20H,4-7H2,1H3. The summed E-state index contributed by atoms with van der Waals surface area (Å²) >= 11 is 0. The van der Waals surface area contributed by atoms with E-state index in [-0.39, 0.29) is 0 Å². The van der Waals surface area contributed by atoms with Gasteiger partial charge < -0.3 is 19.3 Å². The molecule has 0 amide bonds. The molecule has 25 heavy (non-hydrogen) atoms. The summed E-state index contributed by atoms with van der Waals surface area (Å²) < 4.78 is 5.30. The van der Waals surface area contributed by atoms with Gasteiger partial charge in [-0.1, -0.05) is 5.16 Å². The minimum absolute atomic E-state index is 0.336. The summed E-state index contributed by atoms with van der Waals surface area (Å²) in [5.41, 5.74) is 2.91. The monoisotopic (exact) mass is 335 g/mol. The third-order valence-corrected chi connectivity index (χ3v) is 4.31. The number of aromatic nitrogens is 4. The first-order valence-electron chi connectivity index (χ1n) is 8.05. The topological polar surface area (TPSA) is 97.9 Å². The lowest BCUT2D eigenvalue weighted by Crippen LogP contribution is -2.44. The molecule has 1 aliphatic heterocycles. The van der Waals surface area contributed by atoms with Gasteiger partial charge in [-0.2, -0.15) is 10.2 Å². The van der Waals surface area contributed by atoms with Crippen LogP contribution in [-0.2, 0) is 0 Å². The van der Waals surface area contributed by atoms with Crippen LogP contribution >= 0.6 is 0 Å². The van der Waals surface area contributed by atoms with Gasteiger partial charge in [0.25, 0.3) is 5.89 Å². The van der Waals surface area contributed by atoms with Crippen molar-refractivity contribution in [3.63, 3.8) is 0 Å². The highest BCUT2D eigenvalue weighted by atomic mass is 16.5. The van der Waals surface area contributed by atoms with Crippen LogP contribution in [0.2, 0.25) is 0 Å². The van der Waals surface area contributed by atoms with E-state index in [9.17, 15) is 0 Å². The van der Waals surface area contributed by atoms with Crippen molar-refractivity contribution in [1.29, 1.82) is 5.26 Å². The molecule has 0 bridgehead atoms. The molecule has 4 heterocycles. The average Bonchev–Trinajstić information content (AvgIpc) is 3.32. The number of nitrogens with one attached hydrogen (secondary N) is 1. The lowest BCUT2D eigenvalue weighted by molar-refractivity contribution is 0.313. The van der Waals surface area contributed by atoms with E-state index in [1.165, 1.54) is 0 Å². The predicted octanol–water partition coefficient (Wildman–Crippen LogP) is 1.75. The quantitative estimate of drug-likeness (QED) is 0.778. The predicted molar refractivity (Wildman–Crippen MR) is 91.7 cm³/mol. The summed E-state index contributed by atoms with van der Waals surface area (Å²) in [6, 6.07) is 7.71.